The van der Waals surface area contributed by atoms with Gasteiger partial charge in [-0.1, -0.05) is 19.1 Å². The van der Waals surface area contributed by atoms with Crippen LogP contribution < -0.4 is 0 Å². The van der Waals surface area contributed by atoms with Crippen molar-refractivity contribution in [1.29, 1.82) is 5.26 Å². The van der Waals surface area contributed by atoms with Crippen LogP contribution in [-0.4, -0.2) is 13.2 Å². The zero-order valence-corrected chi connectivity index (χ0v) is 8.69. The number of hydrogen-bond donors (Lipinski definition) is 0. The Labute approximate surface area is 89.2 Å². The van der Waals surface area contributed by atoms with Crippen LogP contribution in [0.3, 0.4) is 0 Å². The molecule has 0 spiro atoms. The molecule has 0 radical (unpaired) electrons. The summed E-state index contributed by atoms with van der Waals surface area (Å²) in [6.07, 6.45) is 0.777. The number of nitrogens with zero attached hydrogens (tertiary/aromatic N) is 1. The van der Waals surface area contributed by atoms with Gasteiger partial charge in [0.15, 0.2) is 5.79 Å². The molecule has 78 valence electrons. The van der Waals surface area contributed by atoms with E-state index >= 15 is 0 Å². The van der Waals surface area contributed by atoms with Crippen molar-refractivity contribution in [3.63, 3.8) is 0 Å². The standard InChI is InChI=1S/C12H13NO2/c1-2-12(14-7-8-15-12)11-5-3-10(9-13)4-6-11/h3-6H,2,7-8H2,1H3. The Balaban J connectivity index is 2.31. The Bertz CT molecular complexity index is 372. The minimum atomic E-state index is -0.589. The van der Waals surface area contributed by atoms with Crippen LogP contribution in [0.25, 0.3) is 0 Å². The first-order valence-electron chi connectivity index (χ1n) is 5.09. The molecule has 0 atom stereocenters. The van der Waals surface area contributed by atoms with Crippen molar-refractivity contribution < 1.29 is 9.47 Å². The Hall–Kier alpha value is -1.37. The molecule has 1 aromatic rings. The van der Waals surface area contributed by atoms with E-state index in [1.807, 2.05) is 19.1 Å². The molecular formula is C12H13NO2. The van der Waals surface area contributed by atoms with Gasteiger partial charge in [0.05, 0.1) is 24.8 Å². The third-order valence-corrected chi connectivity index (χ3v) is 2.67. The zero-order chi connectivity index (χ0) is 10.7. The van der Waals surface area contributed by atoms with Crippen LogP contribution in [0.4, 0.5) is 0 Å². The van der Waals surface area contributed by atoms with Gasteiger partial charge in [0.1, 0.15) is 0 Å². The quantitative estimate of drug-likeness (QED) is 0.739. The number of nitriles is 1. The van der Waals surface area contributed by atoms with E-state index in [0.717, 1.165) is 12.0 Å². The summed E-state index contributed by atoms with van der Waals surface area (Å²) in [7, 11) is 0. The maximum atomic E-state index is 8.70. The maximum absolute atomic E-state index is 8.70. The minimum Gasteiger partial charge on any atom is -0.343 e. The highest BCUT2D eigenvalue weighted by Gasteiger charge is 2.36. The lowest BCUT2D eigenvalue weighted by Gasteiger charge is -2.26. The molecule has 3 heteroatoms. The van der Waals surface area contributed by atoms with Gasteiger partial charge in [-0.05, 0) is 12.1 Å². The maximum Gasteiger partial charge on any atom is 0.194 e. The molecule has 0 amide bonds. The molecule has 0 unspecified atom stereocenters. The normalized spacial score (nSPS) is 18.7. The Morgan fingerprint density at radius 3 is 2.33 bits per heavy atom. The van der Waals surface area contributed by atoms with Crippen molar-refractivity contribution in [2.45, 2.75) is 19.1 Å². The van der Waals surface area contributed by atoms with Crippen LogP contribution in [0.15, 0.2) is 24.3 Å². The van der Waals surface area contributed by atoms with E-state index in [4.69, 9.17) is 14.7 Å². The third-order valence-electron chi connectivity index (χ3n) is 2.67. The smallest absolute Gasteiger partial charge is 0.194 e. The van der Waals surface area contributed by atoms with Crippen LogP contribution in [0.5, 0.6) is 0 Å². The molecule has 0 bridgehead atoms. The predicted octanol–water partition coefficient (Wildman–Crippen LogP) is 2.17. The molecule has 0 aliphatic carbocycles. The van der Waals surface area contributed by atoms with Crippen molar-refractivity contribution in [3.8, 4) is 6.07 Å². The first-order chi connectivity index (χ1) is 7.30. The summed E-state index contributed by atoms with van der Waals surface area (Å²) >= 11 is 0. The molecule has 1 aromatic carbocycles. The second-order valence-electron chi connectivity index (χ2n) is 3.49. The van der Waals surface area contributed by atoms with Crippen molar-refractivity contribution >= 4 is 0 Å². The van der Waals surface area contributed by atoms with Crippen LogP contribution in [0.2, 0.25) is 0 Å². The lowest BCUT2D eigenvalue weighted by atomic mass is 10.0. The summed E-state index contributed by atoms with van der Waals surface area (Å²) in [5.41, 5.74) is 1.64. The Morgan fingerprint density at radius 1 is 1.27 bits per heavy atom. The van der Waals surface area contributed by atoms with Crippen LogP contribution in [0, 0.1) is 11.3 Å². The molecule has 0 N–H and O–H groups in total. The van der Waals surface area contributed by atoms with Gasteiger partial charge in [-0.25, -0.2) is 0 Å². The second-order valence-corrected chi connectivity index (χ2v) is 3.49. The fraction of sp³-hybridized carbons (Fsp3) is 0.417. The fourth-order valence-electron chi connectivity index (χ4n) is 1.83. The van der Waals surface area contributed by atoms with Crippen LogP contribution in [0.1, 0.15) is 24.5 Å². The van der Waals surface area contributed by atoms with E-state index in [0.29, 0.717) is 18.8 Å². The molecule has 1 saturated heterocycles. The van der Waals surface area contributed by atoms with E-state index in [-0.39, 0.29) is 0 Å². The first-order valence-corrected chi connectivity index (χ1v) is 5.09. The summed E-state index contributed by atoms with van der Waals surface area (Å²) < 4.78 is 11.3. The topological polar surface area (TPSA) is 42.2 Å². The molecule has 0 aromatic heterocycles. The highest BCUT2D eigenvalue weighted by molar-refractivity contribution is 5.33. The molecule has 3 nitrogen and oxygen atoms in total. The molecule has 1 aliphatic heterocycles. The third kappa shape index (κ3) is 1.74. The molecule has 2 rings (SSSR count). The molecular weight excluding hydrogens is 190 g/mol. The molecule has 1 fully saturated rings. The molecule has 0 saturated carbocycles. The van der Waals surface area contributed by atoms with E-state index in [9.17, 15) is 0 Å². The summed E-state index contributed by atoms with van der Waals surface area (Å²) in [4.78, 5) is 0. The molecule has 15 heavy (non-hydrogen) atoms. The van der Waals surface area contributed by atoms with Gasteiger partial charge in [0.25, 0.3) is 0 Å². The second kappa shape index (κ2) is 4.01. The SMILES string of the molecule is CCC1(c2ccc(C#N)cc2)OCCO1. The summed E-state index contributed by atoms with van der Waals surface area (Å²) in [5.74, 6) is -0.589. The average Bonchev–Trinajstić information content (AvgIpc) is 2.79. The van der Waals surface area contributed by atoms with Gasteiger partial charge < -0.3 is 9.47 Å². The van der Waals surface area contributed by atoms with E-state index < -0.39 is 5.79 Å². The highest BCUT2D eigenvalue weighted by Crippen LogP contribution is 2.34. The number of hydrogen-bond acceptors (Lipinski definition) is 3. The molecule has 1 aliphatic rings. The van der Waals surface area contributed by atoms with Crippen molar-refractivity contribution in [3.05, 3.63) is 35.4 Å². The summed E-state index contributed by atoms with van der Waals surface area (Å²) in [6, 6.07) is 9.46. The zero-order valence-electron chi connectivity index (χ0n) is 8.69. The number of rotatable bonds is 2. The lowest BCUT2D eigenvalue weighted by molar-refractivity contribution is -0.167. The largest absolute Gasteiger partial charge is 0.343 e. The van der Waals surface area contributed by atoms with Crippen molar-refractivity contribution in [2.24, 2.45) is 0 Å². The number of benzene rings is 1. The van der Waals surface area contributed by atoms with Gasteiger partial charge in [-0.15, -0.1) is 0 Å². The average molecular weight is 203 g/mol. The van der Waals surface area contributed by atoms with E-state index in [1.54, 1.807) is 12.1 Å². The monoisotopic (exact) mass is 203 g/mol. The van der Waals surface area contributed by atoms with Gasteiger partial charge in [-0.3, -0.25) is 0 Å². The van der Waals surface area contributed by atoms with Crippen molar-refractivity contribution in [2.75, 3.05) is 13.2 Å². The van der Waals surface area contributed by atoms with E-state index in [1.165, 1.54) is 0 Å². The van der Waals surface area contributed by atoms with Crippen molar-refractivity contribution in [1.82, 2.24) is 0 Å². The Kier molecular flexibility index (Phi) is 2.72. The number of ether oxygens (including phenoxy) is 2. The van der Waals surface area contributed by atoms with Gasteiger partial charge in [0, 0.05) is 12.0 Å². The van der Waals surface area contributed by atoms with Gasteiger partial charge in [-0.2, -0.15) is 5.26 Å². The predicted molar refractivity (Wildman–Crippen MR) is 55.0 cm³/mol. The summed E-state index contributed by atoms with van der Waals surface area (Å²) in [5, 5.41) is 8.70. The first kappa shape index (κ1) is 10.2. The van der Waals surface area contributed by atoms with E-state index in [2.05, 4.69) is 6.07 Å². The van der Waals surface area contributed by atoms with Gasteiger partial charge in [0.2, 0.25) is 0 Å². The Morgan fingerprint density at radius 2 is 1.87 bits per heavy atom. The van der Waals surface area contributed by atoms with Crippen LogP contribution in [-0.2, 0) is 15.3 Å². The minimum absolute atomic E-state index is 0.589. The van der Waals surface area contributed by atoms with Crippen LogP contribution >= 0.6 is 0 Å². The highest BCUT2D eigenvalue weighted by atomic mass is 16.7. The van der Waals surface area contributed by atoms with Gasteiger partial charge >= 0.3 is 0 Å². The fourth-order valence-corrected chi connectivity index (χ4v) is 1.83. The lowest BCUT2D eigenvalue weighted by Crippen LogP contribution is -2.25. The molecule has 1 heterocycles. The summed E-state index contributed by atoms with van der Waals surface area (Å²) in [6.45, 7) is 3.30.